The van der Waals surface area contributed by atoms with Crippen LogP contribution in [0.3, 0.4) is 0 Å². The van der Waals surface area contributed by atoms with Crippen molar-refractivity contribution < 1.29 is 4.79 Å². The van der Waals surface area contributed by atoms with E-state index < -0.39 is 5.91 Å². The first-order valence-corrected chi connectivity index (χ1v) is 6.88. The van der Waals surface area contributed by atoms with Crippen molar-refractivity contribution in [1.29, 1.82) is 0 Å². The molecule has 0 aliphatic carbocycles. The second-order valence-corrected chi connectivity index (χ2v) is 5.40. The van der Waals surface area contributed by atoms with Gasteiger partial charge < -0.3 is 11.1 Å². The lowest BCUT2D eigenvalue weighted by atomic mass is 10.1. The Morgan fingerprint density at radius 1 is 1.05 bits per heavy atom. The van der Waals surface area contributed by atoms with E-state index in [9.17, 15) is 4.79 Å². The van der Waals surface area contributed by atoms with E-state index in [2.05, 4.69) is 5.32 Å². The van der Waals surface area contributed by atoms with E-state index in [1.165, 1.54) is 0 Å². The van der Waals surface area contributed by atoms with Crippen LogP contribution >= 0.6 is 34.8 Å². The molecule has 0 saturated heterocycles. The summed E-state index contributed by atoms with van der Waals surface area (Å²) >= 11 is 18.1. The molecule has 20 heavy (non-hydrogen) atoms. The van der Waals surface area contributed by atoms with E-state index in [4.69, 9.17) is 40.5 Å². The zero-order valence-corrected chi connectivity index (χ0v) is 12.6. The van der Waals surface area contributed by atoms with Gasteiger partial charge in [0.1, 0.15) is 0 Å². The molecular weight excluding hydrogens is 319 g/mol. The molecule has 0 atom stereocenters. The third kappa shape index (κ3) is 3.57. The summed E-state index contributed by atoms with van der Waals surface area (Å²) in [5.74, 6) is -0.510. The summed E-state index contributed by atoms with van der Waals surface area (Å²) in [5, 5.41) is 4.77. The molecule has 2 aromatic carbocycles. The Morgan fingerprint density at radius 3 is 2.45 bits per heavy atom. The predicted octanol–water partition coefficient (Wildman–Crippen LogP) is 4.36. The summed E-state index contributed by atoms with van der Waals surface area (Å²) in [6.45, 7) is 0.456. The molecule has 6 heteroatoms. The average Bonchev–Trinajstić information content (AvgIpc) is 2.40. The summed E-state index contributed by atoms with van der Waals surface area (Å²) in [7, 11) is 0. The number of halogens is 3. The Morgan fingerprint density at radius 2 is 1.80 bits per heavy atom. The second-order valence-electron chi connectivity index (χ2n) is 4.15. The quantitative estimate of drug-likeness (QED) is 0.875. The Kier molecular flexibility index (Phi) is 4.76. The molecule has 0 saturated carbocycles. The summed E-state index contributed by atoms with van der Waals surface area (Å²) in [4.78, 5) is 11.0. The van der Waals surface area contributed by atoms with Crippen LogP contribution < -0.4 is 11.1 Å². The number of nitrogens with two attached hydrogens (primary N) is 1. The molecule has 0 aromatic heterocycles. The highest BCUT2D eigenvalue weighted by Gasteiger charge is 2.07. The van der Waals surface area contributed by atoms with Crippen LogP contribution in [0.15, 0.2) is 36.4 Å². The Labute approximate surface area is 131 Å². The van der Waals surface area contributed by atoms with Crippen molar-refractivity contribution in [2.75, 3.05) is 5.32 Å². The van der Waals surface area contributed by atoms with E-state index in [1.807, 2.05) is 0 Å². The normalized spacial score (nSPS) is 10.3. The van der Waals surface area contributed by atoms with Crippen molar-refractivity contribution in [1.82, 2.24) is 0 Å². The Hall–Kier alpha value is -1.42. The minimum absolute atomic E-state index is 0.375. The van der Waals surface area contributed by atoms with E-state index in [0.717, 1.165) is 5.56 Å². The van der Waals surface area contributed by atoms with Crippen molar-refractivity contribution in [3.8, 4) is 0 Å². The van der Waals surface area contributed by atoms with E-state index in [0.29, 0.717) is 32.9 Å². The van der Waals surface area contributed by atoms with Crippen molar-refractivity contribution in [2.45, 2.75) is 6.54 Å². The molecule has 3 nitrogen and oxygen atoms in total. The molecule has 0 spiro atoms. The smallest absolute Gasteiger partial charge is 0.248 e. The van der Waals surface area contributed by atoms with Crippen LogP contribution in [0.5, 0.6) is 0 Å². The van der Waals surface area contributed by atoms with Gasteiger partial charge in [0.15, 0.2) is 0 Å². The standard InChI is InChI=1S/C14H11Cl3N2O/c15-10-3-4-11(16)13(6-10)19-7-9-2-1-8(14(18)20)5-12(9)17/h1-6,19H,7H2,(H2,18,20). The number of benzene rings is 2. The van der Waals surface area contributed by atoms with Crippen LogP contribution in [0.4, 0.5) is 5.69 Å². The van der Waals surface area contributed by atoms with Gasteiger partial charge in [-0.1, -0.05) is 40.9 Å². The molecule has 0 fully saturated rings. The maximum absolute atomic E-state index is 11.0. The lowest BCUT2D eigenvalue weighted by Gasteiger charge is -2.10. The van der Waals surface area contributed by atoms with Crippen LogP contribution in [0.2, 0.25) is 15.1 Å². The molecule has 0 unspecified atom stereocenters. The van der Waals surface area contributed by atoms with Gasteiger partial charge in [-0.05, 0) is 35.9 Å². The highest BCUT2D eigenvalue weighted by molar-refractivity contribution is 6.35. The zero-order chi connectivity index (χ0) is 14.7. The number of rotatable bonds is 4. The van der Waals surface area contributed by atoms with Gasteiger partial charge in [0.2, 0.25) is 5.91 Å². The third-order valence-corrected chi connectivity index (χ3v) is 3.65. The maximum atomic E-state index is 11.0. The van der Waals surface area contributed by atoms with E-state index in [1.54, 1.807) is 36.4 Å². The molecule has 0 heterocycles. The number of nitrogens with one attached hydrogen (secondary N) is 1. The number of carbonyl (C=O) groups excluding carboxylic acids is 1. The second kappa shape index (κ2) is 6.35. The lowest BCUT2D eigenvalue weighted by Crippen LogP contribution is -2.11. The maximum Gasteiger partial charge on any atom is 0.248 e. The highest BCUT2D eigenvalue weighted by atomic mass is 35.5. The van der Waals surface area contributed by atoms with E-state index >= 15 is 0 Å². The van der Waals surface area contributed by atoms with Crippen LogP contribution in [0.25, 0.3) is 0 Å². The number of carbonyl (C=O) groups is 1. The molecule has 0 radical (unpaired) electrons. The number of hydrogen-bond acceptors (Lipinski definition) is 2. The minimum Gasteiger partial charge on any atom is -0.380 e. The van der Waals surface area contributed by atoms with Crippen molar-refractivity contribution in [3.05, 3.63) is 62.6 Å². The largest absolute Gasteiger partial charge is 0.380 e. The van der Waals surface area contributed by atoms with Crippen molar-refractivity contribution >= 4 is 46.4 Å². The lowest BCUT2D eigenvalue weighted by molar-refractivity contribution is 0.100. The van der Waals surface area contributed by atoms with Gasteiger partial charge in [-0.25, -0.2) is 0 Å². The first-order chi connectivity index (χ1) is 9.47. The van der Waals surface area contributed by atoms with Crippen LogP contribution in [-0.2, 0) is 6.54 Å². The van der Waals surface area contributed by atoms with Crippen molar-refractivity contribution in [2.24, 2.45) is 5.73 Å². The topological polar surface area (TPSA) is 55.1 Å². The Bertz CT molecular complexity index is 659. The first kappa shape index (κ1) is 15.0. The summed E-state index contributed by atoms with van der Waals surface area (Å²) in [6.07, 6.45) is 0. The summed E-state index contributed by atoms with van der Waals surface area (Å²) in [6, 6.07) is 10.1. The van der Waals surface area contributed by atoms with Crippen LogP contribution in [0, 0.1) is 0 Å². The minimum atomic E-state index is -0.510. The monoisotopic (exact) mass is 328 g/mol. The SMILES string of the molecule is NC(=O)c1ccc(CNc2cc(Cl)ccc2Cl)c(Cl)c1. The fraction of sp³-hybridized carbons (Fsp3) is 0.0714. The number of hydrogen-bond donors (Lipinski definition) is 2. The van der Waals surface area contributed by atoms with Gasteiger partial charge in [-0.3, -0.25) is 4.79 Å². The number of anilines is 1. The fourth-order valence-electron chi connectivity index (χ4n) is 1.67. The van der Waals surface area contributed by atoms with Gasteiger partial charge in [0, 0.05) is 22.2 Å². The molecular formula is C14H11Cl3N2O. The highest BCUT2D eigenvalue weighted by Crippen LogP contribution is 2.27. The third-order valence-electron chi connectivity index (χ3n) is 2.74. The molecule has 2 rings (SSSR count). The summed E-state index contributed by atoms with van der Waals surface area (Å²) in [5.41, 5.74) is 7.11. The Balaban J connectivity index is 2.15. The van der Waals surface area contributed by atoms with Crippen molar-refractivity contribution in [3.63, 3.8) is 0 Å². The van der Waals surface area contributed by atoms with Gasteiger partial charge >= 0.3 is 0 Å². The van der Waals surface area contributed by atoms with E-state index in [-0.39, 0.29) is 0 Å². The summed E-state index contributed by atoms with van der Waals surface area (Å²) < 4.78 is 0. The van der Waals surface area contributed by atoms with Crippen LogP contribution in [-0.4, -0.2) is 5.91 Å². The van der Waals surface area contributed by atoms with Crippen LogP contribution in [0.1, 0.15) is 15.9 Å². The predicted molar refractivity (Wildman–Crippen MR) is 83.8 cm³/mol. The first-order valence-electron chi connectivity index (χ1n) is 5.74. The number of amides is 1. The van der Waals surface area contributed by atoms with Gasteiger partial charge in [-0.15, -0.1) is 0 Å². The molecule has 104 valence electrons. The van der Waals surface area contributed by atoms with Gasteiger partial charge in [0.25, 0.3) is 0 Å². The molecule has 2 aromatic rings. The average molecular weight is 330 g/mol. The molecule has 3 N–H and O–H groups in total. The zero-order valence-electron chi connectivity index (χ0n) is 10.3. The molecule has 0 aliphatic heterocycles. The van der Waals surface area contributed by atoms with Gasteiger partial charge in [-0.2, -0.15) is 0 Å². The van der Waals surface area contributed by atoms with Gasteiger partial charge in [0.05, 0.1) is 10.7 Å². The fourth-order valence-corrected chi connectivity index (χ4v) is 2.27. The number of primary amides is 1. The molecule has 1 amide bonds. The molecule has 0 aliphatic rings. The molecule has 0 bridgehead atoms.